The summed E-state index contributed by atoms with van der Waals surface area (Å²) in [6.07, 6.45) is 7.34. The number of amides is 1. The Bertz CT molecular complexity index is 1020. The minimum Gasteiger partial charge on any atom is -0.385 e. The summed E-state index contributed by atoms with van der Waals surface area (Å²) in [5.74, 6) is 0.943. The Kier molecular flexibility index (Phi) is 7.12. The third-order valence-electron chi connectivity index (χ3n) is 5.32. The van der Waals surface area contributed by atoms with Gasteiger partial charge in [0, 0.05) is 49.6 Å². The van der Waals surface area contributed by atoms with E-state index < -0.39 is 0 Å². The van der Waals surface area contributed by atoms with E-state index in [1.807, 2.05) is 24.3 Å². The molecule has 0 unspecified atom stereocenters. The van der Waals surface area contributed by atoms with Crippen molar-refractivity contribution in [2.24, 2.45) is 5.92 Å². The van der Waals surface area contributed by atoms with Gasteiger partial charge in [0.15, 0.2) is 0 Å². The molecule has 0 saturated carbocycles. The summed E-state index contributed by atoms with van der Waals surface area (Å²) in [4.78, 5) is 20.7. The van der Waals surface area contributed by atoms with Gasteiger partial charge in [0.2, 0.25) is 5.91 Å². The number of aromatic nitrogens is 2. The Balaban J connectivity index is 1.44. The van der Waals surface area contributed by atoms with Gasteiger partial charge in [-0.3, -0.25) is 9.78 Å². The van der Waals surface area contributed by atoms with Crippen LogP contribution < -0.4 is 10.6 Å². The van der Waals surface area contributed by atoms with Gasteiger partial charge in [-0.2, -0.15) is 0 Å². The molecular weight excluding hydrogens is 412 g/mol. The van der Waals surface area contributed by atoms with E-state index in [0.717, 1.165) is 55.0 Å². The zero-order valence-corrected chi connectivity index (χ0v) is 17.9. The molecule has 1 amide bonds. The minimum atomic E-state index is -0.152. The number of carbonyl (C=O) groups excluding carboxylic acids is 1. The summed E-state index contributed by atoms with van der Waals surface area (Å²) in [7, 11) is 0. The predicted molar refractivity (Wildman–Crippen MR) is 123 cm³/mol. The number of hydrogen-bond acceptors (Lipinski definition) is 5. The topological polar surface area (TPSA) is 76.1 Å². The van der Waals surface area contributed by atoms with E-state index in [4.69, 9.17) is 16.3 Å². The number of carbonyl (C=O) groups is 1. The second kappa shape index (κ2) is 10.4. The number of halogens is 1. The van der Waals surface area contributed by atoms with Crippen molar-refractivity contribution in [2.45, 2.75) is 19.3 Å². The number of anilines is 2. The van der Waals surface area contributed by atoms with Crippen molar-refractivity contribution < 1.29 is 9.53 Å². The molecular formula is C24H25ClN4O2. The molecule has 7 heteroatoms. The van der Waals surface area contributed by atoms with E-state index in [1.165, 1.54) is 0 Å². The van der Waals surface area contributed by atoms with Crippen LogP contribution in [0.25, 0.3) is 11.1 Å². The van der Waals surface area contributed by atoms with E-state index >= 15 is 0 Å². The fourth-order valence-corrected chi connectivity index (χ4v) is 3.83. The Labute approximate surface area is 187 Å². The van der Waals surface area contributed by atoms with Gasteiger partial charge in [0.05, 0.1) is 11.4 Å². The summed E-state index contributed by atoms with van der Waals surface area (Å²) >= 11 is 6.43. The predicted octanol–water partition coefficient (Wildman–Crippen LogP) is 4.82. The standard InChI is InChI=1S/C24H25ClN4O2/c25-22-16-28-23(29-24(30)11-18-3-2-8-26-14-18)13-21(22)19-4-1-5-20(12-19)27-15-17-6-9-31-10-7-17/h1-5,8,12-14,16-17,27H,6-7,9-11,15H2,(H,28,29,30). The molecule has 3 aromatic rings. The molecule has 1 fully saturated rings. The summed E-state index contributed by atoms with van der Waals surface area (Å²) in [5, 5.41) is 6.91. The first-order valence-corrected chi connectivity index (χ1v) is 10.8. The van der Waals surface area contributed by atoms with Crippen LogP contribution in [-0.4, -0.2) is 35.6 Å². The summed E-state index contributed by atoms with van der Waals surface area (Å²) in [6, 6.07) is 13.6. The number of pyridine rings is 2. The quantitative estimate of drug-likeness (QED) is 0.555. The van der Waals surface area contributed by atoms with Gasteiger partial charge in [0.25, 0.3) is 0 Å². The number of hydrogen-bond donors (Lipinski definition) is 2. The van der Waals surface area contributed by atoms with Gasteiger partial charge >= 0.3 is 0 Å². The van der Waals surface area contributed by atoms with Crippen molar-refractivity contribution in [2.75, 3.05) is 30.4 Å². The molecule has 0 aliphatic carbocycles. The molecule has 31 heavy (non-hydrogen) atoms. The van der Waals surface area contributed by atoms with E-state index in [-0.39, 0.29) is 12.3 Å². The Morgan fingerprint density at radius 1 is 1.13 bits per heavy atom. The molecule has 2 N–H and O–H groups in total. The maximum Gasteiger partial charge on any atom is 0.230 e. The molecule has 160 valence electrons. The zero-order chi connectivity index (χ0) is 21.5. The first-order valence-electron chi connectivity index (χ1n) is 10.4. The third kappa shape index (κ3) is 6.03. The number of benzene rings is 1. The summed E-state index contributed by atoms with van der Waals surface area (Å²) in [6.45, 7) is 2.61. The molecule has 0 atom stereocenters. The maximum absolute atomic E-state index is 12.4. The van der Waals surface area contributed by atoms with Gasteiger partial charge in [-0.05, 0) is 54.2 Å². The van der Waals surface area contributed by atoms with Crippen molar-refractivity contribution in [3.05, 3.63) is 71.6 Å². The smallest absolute Gasteiger partial charge is 0.230 e. The average Bonchev–Trinajstić information content (AvgIpc) is 2.80. The van der Waals surface area contributed by atoms with Gasteiger partial charge in [-0.1, -0.05) is 29.8 Å². The molecule has 0 radical (unpaired) electrons. The highest BCUT2D eigenvalue weighted by Crippen LogP contribution is 2.31. The minimum absolute atomic E-state index is 0.152. The van der Waals surface area contributed by atoms with Gasteiger partial charge in [0.1, 0.15) is 5.82 Å². The van der Waals surface area contributed by atoms with Crippen molar-refractivity contribution in [3.63, 3.8) is 0 Å². The first-order chi connectivity index (χ1) is 15.2. The highest BCUT2D eigenvalue weighted by Gasteiger charge is 2.14. The van der Waals surface area contributed by atoms with Crippen LogP contribution in [0.2, 0.25) is 5.02 Å². The van der Waals surface area contributed by atoms with Crippen molar-refractivity contribution in [1.29, 1.82) is 0 Å². The van der Waals surface area contributed by atoms with Crippen LogP contribution in [0.5, 0.6) is 0 Å². The Morgan fingerprint density at radius 3 is 2.81 bits per heavy atom. The van der Waals surface area contributed by atoms with Crippen molar-refractivity contribution in [3.8, 4) is 11.1 Å². The van der Waals surface area contributed by atoms with E-state index in [1.54, 1.807) is 24.7 Å². The summed E-state index contributed by atoms with van der Waals surface area (Å²) < 4.78 is 5.43. The average molecular weight is 437 g/mol. The van der Waals surface area contributed by atoms with Gasteiger partial charge in [-0.25, -0.2) is 4.98 Å². The van der Waals surface area contributed by atoms with Crippen LogP contribution in [0.3, 0.4) is 0 Å². The van der Waals surface area contributed by atoms with Crippen LogP contribution in [-0.2, 0) is 16.0 Å². The van der Waals surface area contributed by atoms with Crippen LogP contribution >= 0.6 is 11.6 Å². The monoisotopic (exact) mass is 436 g/mol. The lowest BCUT2D eigenvalue weighted by molar-refractivity contribution is -0.115. The number of rotatable bonds is 7. The van der Waals surface area contributed by atoms with Crippen LogP contribution in [0.1, 0.15) is 18.4 Å². The van der Waals surface area contributed by atoms with Crippen molar-refractivity contribution in [1.82, 2.24) is 9.97 Å². The second-order valence-electron chi connectivity index (χ2n) is 7.65. The van der Waals surface area contributed by atoms with Gasteiger partial charge < -0.3 is 15.4 Å². The molecule has 1 saturated heterocycles. The molecule has 0 bridgehead atoms. The number of ether oxygens (including phenoxy) is 1. The zero-order valence-electron chi connectivity index (χ0n) is 17.2. The van der Waals surface area contributed by atoms with Crippen LogP contribution in [0.15, 0.2) is 61.1 Å². The Hall–Kier alpha value is -2.96. The molecule has 2 aromatic heterocycles. The van der Waals surface area contributed by atoms with Crippen LogP contribution in [0, 0.1) is 5.92 Å². The fourth-order valence-electron chi connectivity index (χ4n) is 3.61. The second-order valence-corrected chi connectivity index (χ2v) is 8.06. The summed E-state index contributed by atoms with van der Waals surface area (Å²) in [5.41, 5.74) is 3.67. The molecule has 4 rings (SSSR count). The molecule has 6 nitrogen and oxygen atoms in total. The molecule has 1 aromatic carbocycles. The molecule has 1 aliphatic heterocycles. The first kappa shape index (κ1) is 21.3. The normalized spacial score (nSPS) is 14.2. The lowest BCUT2D eigenvalue weighted by Crippen LogP contribution is -2.22. The lowest BCUT2D eigenvalue weighted by atomic mass is 10.00. The van der Waals surface area contributed by atoms with E-state index in [9.17, 15) is 4.79 Å². The highest BCUT2D eigenvalue weighted by molar-refractivity contribution is 6.33. The SMILES string of the molecule is O=C(Cc1cccnc1)Nc1cc(-c2cccc(NCC3CCOCC3)c2)c(Cl)cn1. The third-order valence-corrected chi connectivity index (χ3v) is 5.62. The number of nitrogens with one attached hydrogen (secondary N) is 2. The molecule has 1 aliphatic rings. The van der Waals surface area contributed by atoms with Crippen LogP contribution in [0.4, 0.5) is 11.5 Å². The Morgan fingerprint density at radius 2 is 2.00 bits per heavy atom. The van der Waals surface area contributed by atoms with Crippen molar-refractivity contribution >= 4 is 29.0 Å². The number of nitrogens with zero attached hydrogens (tertiary/aromatic N) is 2. The van der Waals surface area contributed by atoms with E-state index in [2.05, 4.69) is 32.7 Å². The van der Waals surface area contributed by atoms with E-state index in [0.29, 0.717) is 16.8 Å². The molecule has 3 heterocycles. The maximum atomic E-state index is 12.4. The fraction of sp³-hybridized carbons (Fsp3) is 0.292. The highest BCUT2D eigenvalue weighted by atomic mass is 35.5. The lowest BCUT2D eigenvalue weighted by Gasteiger charge is -2.22. The largest absolute Gasteiger partial charge is 0.385 e. The molecule has 0 spiro atoms. The van der Waals surface area contributed by atoms with Gasteiger partial charge in [-0.15, -0.1) is 0 Å².